The number of amides is 1. The number of hydrogen-bond acceptors (Lipinski definition) is 4. The highest BCUT2D eigenvalue weighted by atomic mass is 79.9. The topological polar surface area (TPSA) is 89.5 Å². The molecule has 0 spiro atoms. The molecule has 0 radical (unpaired) electrons. The van der Waals surface area contributed by atoms with Gasteiger partial charge in [0, 0.05) is 34.8 Å². The van der Waals surface area contributed by atoms with E-state index in [-0.39, 0.29) is 17.6 Å². The number of nitro benzene ring substituents is 1. The Labute approximate surface area is 131 Å². The normalized spacial score (nSPS) is 18.6. The molecule has 7 heteroatoms. The van der Waals surface area contributed by atoms with Crippen molar-refractivity contribution in [2.24, 2.45) is 5.73 Å². The molecule has 1 aliphatic heterocycles. The second kappa shape index (κ2) is 7.00. The molecular formula is C14H18BrN3O3. The zero-order valence-electron chi connectivity index (χ0n) is 11.6. The molecule has 114 valence electrons. The summed E-state index contributed by atoms with van der Waals surface area (Å²) in [6, 6.07) is 4.49. The van der Waals surface area contributed by atoms with Crippen LogP contribution in [0.15, 0.2) is 22.7 Å². The number of likely N-dealkylation sites (tertiary alicyclic amines) is 1. The lowest BCUT2D eigenvalue weighted by Crippen LogP contribution is -2.44. The van der Waals surface area contributed by atoms with Gasteiger partial charge in [-0.2, -0.15) is 0 Å². The summed E-state index contributed by atoms with van der Waals surface area (Å²) in [5.41, 5.74) is 5.88. The zero-order valence-corrected chi connectivity index (χ0v) is 13.2. The number of nitrogens with two attached hydrogens (primary N) is 1. The Kier molecular flexibility index (Phi) is 5.30. The summed E-state index contributed by atoms with van der Waals surface area (Å²) in [6.45, 7) is 1.22. The maximum Gasteiger partial charge on any atom is 0.271 e. The Hall–Kier alpha value is -1.47. The fourth-order valence-corrected chi connectivity index (χ4v) is 3.21. The smallest absolute Gasteiger partial charge is 0.271 e. The number of non-ortho nitro benzene ring substituents is 1. The van der Waals surface area contributed by atoms with Gasteiger partial charge in [-0.25, -0.2) is 0 Å². The second-order valence-corrected chi connectivity index (χ2v) is 6.10. The third-order valence-electron chi connectivity index (χ3n) is 3.73. The molecule has 1 amide bonds. The number of rotatable bonds is 4. The highest BCUT2D eigenvalue weighted by Crippen LogP contribution is 2.26. The van der Waals surface area contributed by atoms with Crippen molar-refractivity contribution in [1.82, 2.24) is 4.90 Å². The van der Waals surface area contributed by atoms with Gasteiger partial charge in [0.2, 0.25) is 0 Å². The average molecular weight is 356 g/mol. The molecule has 1 atom stereocenters. The molecule has 6 nitrogen and oxygen atoms in total. The van der Waals surface area contributed by atoms with Crippen molar-refractivity contribution < 1.29 is 9.72 Å². The Balaban J connectivity index is 2.27. The molecule has 1 saturated heterocycles. The molecule has 1 heterocycles. The number of hydrogen-bond donors (Lipinski definition) is 1. The van der Waals surface area contributed by atoms with Crippen molar-refractivity contribution in [1.29, 1.82) is 0 Å². The molecule has 1 aromatic carbocycles. The van der Waals surface area contributed by atoms with Gasteiger partial charge in [-0.15, -0.1) is 0 Å². The summed E-state index contributed by atoms with van der Waals surface area (Å²) in [5.74, 6) is -0.155. The van der Waals surface area contributed by atoms with Gasteiger partial charge in [-0.1, -0.05) is 15.9 Å². The Bertz CT molecular complexity index is 548. The van der Waals surface area contributed by atoms with Crippen LogP contribution in [-0.4, -0.2) is 34.9 Å². The molecule has 0 aliphatic carbocycles. The number of benzene rings is 1. The van der Waals surface area contributed by atoms with Crippen molar-refractivity contribution in [3.8, 4) is 0 Å². The maximum atomic E-state index is 12.7. The van der Waals surface area contributed by atoms with Crippen molar-refractivity contribution >= 4 is 27.5 Å². The molecule has 1 fully saturated rings. The fourth-order valence-electron chi connectivity index (χ4n) is 2.73. The van der Waals surface area contributed by atoms with Crippen LogP contribution in [-0.2, 0) is 0 Å². The summed E-state index contributed by atoms with van der Waals surface area (Å²) in [4.78, 5) is 24.9. The van der Waals surface area contributed by atoms with Crippen LogP contribution >= 0.6 is 15.9 Å². The highest BCUT2D eigenvalue weighted by molar-refractivity contribution is 9.10. The van der Waals surface area contributed by atoms with E-state index in [1.807, 2.05) is 4.90 Å². The Morgan fingerprint density at radius 2 is 2.19 bits per heavy atom. The second-order valence-electron chi connectivity index (χ2n) is 5.18. The van der Waals surface area contributed by atoms with Gasteiger partial charge < -0.3 is 10.6 Å². The van der Waals surface area contributed by atoms with Gasteiger partial charge in [-0.3, -0.25) is 14.9 Å². The molecule has 1 aliphatic rings. The average Bonchev–Trinajstić information content (AvgIpc) is 2.47. The zero-order chi connectivity index (χ0) is 15.4. The minimum Gasteiger partial charge on any atom is -0.336 e. The molecule has 1 aromatic rings. The van der Waals surface area contributed by atoms with Crippen LogP contribution in [0.25, 0.3) is 0 Å². The van der Waals surface area contributed by atoms with E-state index in [9.17, 15) is 14.9 Å². The van der Waals surface area contributed by atoms with Crippen LogP contribution in [0.1, 0.15) is 36.0 Å². The highest BCUT2D eigenvalue weighted by Gasteiger charge is 2.27. The minimum atomic E-state index is -0.491. The first-order chi connectivity index (χ1) is 10.0. The van der Waals surface area contributed by atoms with Crippen LogP contribution in [0, 0.1) is 10.1 Å². The van der Waals surface area contributed by atoms with E-state index in [0.29, 0.717) is 23.1 Å². The quantitative estimate of drug-likeness (QED) is 0.664. The first kappa shape index (κ1) is 15.9. The van der Waals surface area contributed by atoms with Crippen LogP contribution in [0.3, 0.4) is 0 Å². The molecule has 1 unspecified atom stereocenters. The lowest BCUT2D eigenvalue weighted by molar-refractivity contribution is -0.385. The van der Waals surface area contributed by atoms with Crippen LogP contribution in [0.4, 0.5) is 5.69 Å². The van der Waals surface area contributed by atoms with E-state index in [1.165, 1.54) is 12.1 Å². The third kappa shape index (κ3) is 3.79. The van der Waals surface area contributed by atoms with E-state index < -0.39 is 4.92 Å². The molecular weight excluding hydrogens is 338 g/mol. The number of carbonyl (C=O) groups excluding carboxylic acids is 1. The lowest BCUT2D eigenvalue weighted by atomic mass is 9.98. The Morgan fingerprint density at radius 3 is 2.86 bits per heavy atom. The standard InChI is InChI=1S/C14H18BrN3O3/c15-11-7-10(8-13(9-11)18(20)21)14(19)17-6-2-1-3-12(17)4-5-16/h7-9,12H,1-6,16H2. The molecule has 21 heavy (non-hydrogen) atoms. The van der Waals surface area contributed by atoms with Gasteiger partial charge in [-0.05, 0) is 38.3 Å². The molecule has 2 N–H and O–H groups in total. The molecule has 0 aromatic heterocycles. The van der Waals surface area contributed by atoms with Crippen LogP contribution < -0.4 is 5.73 Å². The number of carbonyl (C=O) groups is 1. The Morgan fingerprint density at radius 1 is 1.43 bits per heavy atom. The minimum absolute atomic E-state index is 0.0832. The third-order valence-corrected chi connectivity index (χ3v) is 4.19. The summed E-state index contributed by atoms with van der Waals surface area (Å²) in [5, 5.41) is 10.9. The van der Waals surface area contributed by atoms with E-state index in [4.69, 9.17) is 5.73 Å². The van der Waals surface area contributed by atoms with E-state index >= 15 is 0 Å². The largest absolute Gasteiger partial charge is 0.336 e. The number of nitrogens with zero attached hydrogens (tertiary/aromatic N) is 2. The van der Waals surface area contributed by atoms with E-state index in [2.05, 4.69) is 15.9 Å². The maximum absolute atomic E-state index is 12.7. The SMILES string of the molecule is NCCC1CCCCN1C(=O)c1cc(Br)cc([N+](=O)[O-])c1. The molecule has 2 rings (SSSR count). The van der Waals surface area contributed by atoms with Crippen molar-refractivity contribution in [2.75, 3.05) is 13.1 Å². The number of piperidine rings is 1. The fraction of sp³-hybridized carbons (Fsp3) is 0.500. The predicted octanol–water partition coefficient (Wildman–Crippen LogP) is 2.70. The molecule has 0 bridgehead atoms. The number of nitro groups is 1. The van der Waals surface area contributed by atoms with Gasteiger partial charge in [0.05, 0.1) is 4.92 Å². The van der Waals surface area contributed by atoms with Gasteiger partial charge in [0.25, 0.3) is 11.6 Å². The summed E-state index contributed by atoms with van der Waals surface area (Å²) >= 11 is 3.22. The monoisotopic (exact) mass is 355 g/mol. The summed E-state index contributed by atoms with van der Waals surface area (Å²) < 4.78 is 0.535. The first-order valence-electron chi connectivity index (χ1n) is 6.99. The van der Waals surface area contributed by atoms with Crippen LogP contribution in [0.5, 0.6) is 0 Å². The predicted molar refractivity (Wildman–Crippen MR) is 83.1 cm³/mol. The first-order valence-corrected chi connectivity index (χ1v) is 7.78. The molecule has 0 saturated carbocycles. The van der Waals surface area contributed by atoms with Crippen molar-refractivity contribution in [2.45, 2.75) is 31.7 Å². The van der Waals surface area contributed by atoms with Crippen molar-refractivity contribution in [3.63, 3.8) is 0 Å². The van der Waals surface area contributed by atoms with E-state index in [0.717, 1.165) is 25.7 Å². The van der Waals surface area contributed by atoms with Gasteiger partial charge in [0.15, 0.2) is 0 Å². The lowest BCUT2D eigenvalue weighted by Gasteiger charge is -2.35. The van der Waals surface area contributed by atoms with Crippen molar-refractivity contribution in [3.05, 3.63) is 38.3 Å². The summed E-state index contributed by atoms with van der Waals surface area (Å²) in [7, 11) is 0. The van der Waals surface area contributed by atoms with Gasteiger partial charge >= 0.3 is 0 Å². The van der Waals surface area contributed by atoms with Gasteiger partial charge in [0.1, 0.15) is 0 Å². The number of halogens is 1. The van der Waals surface area contributed by atoms with E-state index in [1.54, 1.807) is 6.07 Å². The summed E-state index contributed by atoms with van der Waals surface area (Å²) in [6.07, 6.45) is 3.76. The van der Waals surface area contributed by atoms with Crippen LogP contribution in [0.2, 0.25) is 0 Å².